The van der Waals surface area contributed by atoms with Crippen LogP contribution in [-0.2, 0) is 6.42 Å². The fourth-order valence-corrected chi connectivity index (χ4v) is 2.27. The highest BCUT2D eigenvalue weighted by Gasteiger charge is 2.00. The van der Waals surface area contributed by atoms with E-state index in [0.717, 1.165) is 30.4 Å². The van der Waals surface area contributed by atoms with Crippen LogP contribution in [0.25, 0.3) is 5.57 Å². The highest BCUT2D eigenvalue weighted by Crippen LogP contribution is 2.17. The number of rotatable bonds is 5. The maximum atomic E-state index is 9.16. The molecule has 0 radical (unpaired) electrons. The van der Waals surface area contributed by atoms with Crippen LogP contribution >= 0.6 is 0 Å². The summed E-state index contributed by atoms with van der Waals surface area (Å²) in [6.45, 7) is 19.7. The highest BCUT2D eigenvalue weighted by atomic mass is 14.4. The summed E-state index contributed by atoms with van der Waals surface area (Å²) in [6.07, 6.45) is 9.05. The maximum Gasteiger partial charge on any atom is 0.0994 e. The van der Waals surface area contributed by atoms with Gasteiger partial charge < -0.3 is 5.73 Å². The second-order valence-corrected chi connectivity index (χ2v) is 6.85. The lowest BCUT2D eigenvalue weighted by atomic mass is 10.0. The lowest BCUT2D eigenvalue weighted by molar-refractivity contribution is 0.921. The molecule has 2 N–H and O–H groups in total. The fraction of sp³-hybridized carbons (Fsp3) is 0.300. The van der Waals surface area contributed by atoms with Crippen LogP contribution in [0.5, 0.6) is 0 Å². The second kappa shape index (κ2) is 25.9. The van der Waals surface area contributed by atoms with E-state index in [0.29, 0.717) is 0 Å². The molecule has 0 aromatic heterocycles. The van der Waals surface area contributed by atoms with Gasteiger partial charge in [-0.3, -0.25) is 0 Å². The predicted octanol–water partition coefficient (Wildman–Crippen LogP) is 8.47. The van der Waals surface area contributed by atoms with Crippen molar-refractivity contribution < 1.29 is 0 Å². The molecule has 2 heteroatoms. The van der Waals surface area contributed by atoms with Crippen LogP contribution in [0, 0.1) is 18.3 Å². The summed E-state index contributed by atoms with van der Waals surface area (Å²) in [5.74, 6) is 0. The Bertz CT molecular complexity index is 789. The molecule has 0 aliphatic rings. The van der Waals surface area contributed by atoms with Gasteiger partial charge in [0.15, 0.2) is 0 Å². The third kappa shape index (κ3) is 21.6. The second-order valence-electron chi connectivity index (χ2n) is 6.85. The Balaban J connectivity index is -0.000000460. The van der Waals surface area contributed by atoms with Crippen molar-refractivity contribution in [3.05, 3.63) is 115 Å². The van der Waals surface area contributed by atoms with Gasteiger partial charge in [0.25, 0.3) is 0 Å². The maximum absolute atomic E-state index is 9.16. The van der Waals surface area contributed by atoms with Crippen molar-refractivity contribution in [1.29, 1.82) is 5.26 Å². The Hall–Kier alpha value is -3.15. The van der Waals surface area contributed by atoms with Crippen molar-refractivity contribution in [3.8, 4) is 6.07 Å². The zero-order valence-corrected chi connectivity index (χ0v) is 21.2. The molecule has 0 aliphatic carbocycles. The predicted molar refractivity (Wildman–Crippen MR) is 146 cm³/mol. The van der Waals surface area contributed by atoms with Gasteiger partial charge >= 0.3 is 0 Å². The topological polar surface area (TPSA) is 49.8 Å². The van der Waals surface area contributed by atoms with E-state index in [-0.39, 0.29) is 0 Å². The van der Waals surface area contributed by atoms with E-state index in [1.54, 1.807) is 0 Å². The van der Waals surface area contributed by atoms with E-state index in [1.165, 1.54) is 23.7 Å². The third-order valence-electron chi connectivity index (χ3n) is 3.53. The zero-order chi connectivity index (χ0) is 25.2. The smallest absolute Gasteiger partial charge is 0.0994 e. The van der Waals surface area contributed by atoms with Crippen LogP contribution in [0.1, 0.15) is 57.2 Å². The quantitative estimate of drug-likeness (QED) is 0.380. The van der Waals surface area contributed by atoms with E-state index in [9.17, 15) is 0 Å². The first-order valence-corrected chi connectivity index (χ1v) is 11.0. The largest absolute Gasteiger partial charge is 0.333 e. The highest BCUT2D eigenvalue weighted by molar-refractivity contribution is 5.77. The van der Waals surface area contributed by atoms with Gasteiger partial charge in [0, 0.05) is 0 Å². The van der Waals surface area contributed by atoms with Crippen molar-refractivity contribution in [2.24, 2.45) is 5.73 Å². The summed E-state index contributed by atoms with van der Waals surface area (Å²) in [5, 5.41) is 9.16. The average molecular weight is 433 g/mol. The summed E-state index contributed by atoms with van der Waals surface area (Å²) in [4.78, 5) is 0. The van der Waals surface area contributed by atoms with E-state index in [4.69, 9.17) is 5.26 Å². The van der Waals surface area contributed by atoms with Crippen molar-refractivity contribution in [2.75, 3.05) is 7.05 Å². The summed E-state index contributed by atoms with van der Waals surface area (Å²) in [5.41, 5.74) is 10.1. The van der Waals surface area contributed by atoms with Crippen LogP contribution in [0.3, 0.4) is 0 Å². The van der Waals surface area contributed by atoms with E-state index >= 15 is 0 Å². The summed E-state index contributed by atoms with van der Waals surface area (Å²) in [7, 11) is 1.50. The molecule has 0 fully saturated rings. The SMILES string of the molecule is C/C=C\C/C=C(\C#N)c1cccc(CCC)c1.C=C.C=C(C)C.CN.Cc1ccccc1. The summed E-state index contributed by atoms with van der Waals surface area (Å²) >= 11 is 0. The minimum absolute atomic E-state index is 0.765. The number of aryl methyl sites for hydroxylation is 2. The van der Waals surface area contributed by atoms with Gasteiger partial charge in [0.05, 0.1) is 11.6 Å². The molecule has 2 rings (SSSR count). The van der Waals surface area contributed by atoms with Crippen LogP contribution in [0.15, 0.2) is 98.1 Å². The average Bonchev–Trinajstić information content (AvgIpc) is 2.80. The molecule has 0 spiro atoms. The molecule has 2 nitrogen and oxygen atoms in total. The van der Waals surface area contributed by atoms with Gasteiger partial charge in [-0.2, -0.15) is 5.26 Å². The molecular formula is C30H44N2. The number of allylic oxidation sites excluding steroid dienone is 5. The Morgan fingerprint density at radius 1 is 1.03 bits per heavy atom. The first kappa shape index (κ1) is 33.5. The number of hydrogen-bond donors (Lipinski definition) is 1. The normalized spacial score (nSPS) is 9.25. The van der Waals surface area contributed by atoms with Crippen molar-refractivity contribution >= 4 is 5.57 Å². The Morgan fingerprint density at radius 3 is 2.00 bits per heavy atom. The van der Waals surface area contributed by atoms with Crippen molar-refractivity contribution in [2.45, 2.75) is 53.9 Å². The monoisotopic (exact) mass is 432 g/mol. The van der Waals surface area contributed by atoms with Gasteiger partial charge in [-0.1, -0.05) is 97.3 Å². The van der Waals surface area contributed by atoms with Crippen LogP contribution in [0.4, 0.5) is 0 Å². The van der Waals surface area contributed by atoms with Crippen molar-refractivity contribution in [3.63, 3.8) is 0 Å². The van der Waals surface area contributed by atoms with E-state index in [1.807, 2.05) is 69.3 Å². The molecule has 0 heterocycles. The lowest BCUT2D eigenvalue weighted by Gasteiger charge is -2.03. The first-order valence-electron chi connectivity index (χ1n) is 11.0. The first-order chi connectivity index (χ1) is 15.4. The Kier molecular flexibility index (Phi) is 27.1. The molecule has 0 aliphatic heterocycles. The molecule has 0 amide bonds. The molecule has 0 saturated carbocycles. The number of nitrogens with zero attached hydrogens (tertiary/aromatic N) is 1. The van der Waals surface area contributed by atoms with E-state index in [2.05, 4.69) is 69.7 Å². The van der Waals surface area contributed by atoms with Gasteiger partial charge in [-0.25, -0.2) is 0 Å². The molecule has 0 bridgehead atoms. The van der Waals surface area contributed by atoms with Gasteiger partial charge in [0.1, 0.15) is 0 Å². The fourth-order valence-electron chi connectivity index (χ4n) is 2.27. The van der Waals surface area contributed by atoms with Gasteiger partial charge in [-0.05, 0) is 58.7 Å². The molecule has 174 valence electrons. The summed E-state index contributed by atoms with van der Waals surface area (Å²) in [6, 6.07) is 20.8. The number of nitriles is 1. The molecule has 0 saturated heterocycles. The number of benzene rings is 2. The third-order valence-corrected chi connectivity index (χ3v) is 3.53. The zero-order valence-electron chi connectivity index (χ0n) is 21.2. The molecular weight excluding hydrogens is 388 g/mol. The van der Waals surface area contributed by atoms with Crippen molar-refractivity contribution in [1.82, 2.24) is 0 Å². The molecule has 32 heavy (non-hydrogen) atoms. The lowest BCUT2D eigenvalue weighted by Crippen LogP contribution is -1.87. The van der Waals surface area contributed by atoms with Crippen LogP contribution in [-0.4, -0.2) is 7.05 Å². The van der Waals surface area contributed by atoms with E-state index < -0.39 is 0 Å². The molecule has 2 aromatic carbocycles. The molecule has 2 aromatic rings. The van der Waals surface area contributed by atoms with Gasteiger partial charge in [0.2, 0.25) is 0 Å². The van der Waals surface area contributed by atoms with Crippen LogP contribution in [0.2, 0.25) is 0 Å². The standard InChI is InChI=1S/C16H19N.C7H8.C4H8.C2H4.CH5N/c1-3-5-6-10-16(13-17)15-11-7-9-14(12-15)8-4-2;1-7-5-3-2-4-6-7;1-4(2)3;2*1-2/h3,5,7,9-12H,4,6,8H2,1-2H3;2-6H,1H3;1H2,2-3H3;1-2H2;2H2,1H3/b5-3-,16-10+;;;;. The summed E-state index contributed by atoms with van der Waals surface area (Å²) < 4.78 is 0. The molecule has 0 unspecified atom stereocenters. The number of hydrogen-bond acceptors (Lipinski definition) is 2. The minimum Gasteiger partial charge on any atom is -0.333 e. The van der Waals surface area contributed by atoms with Gasteiger partial charge in [-0.15, -0.1) is 19.7 Å². The Morgan fingerprint density at radius 2 is 1.59 bits per heavy atom. The number of nitrogens with two attached hydrogens (primary N) is 1. The van der Waals surface area contributed by atoms with Crippen LogP contribution < -0.4 is 5.73 Å². The molecule has 0 atom stereocenters. The Labute approximate surface area is 198 Å². The minimum atomic E-state index is 0.765.